The molecule has 0 aliphatic rings. The van der Waals surface area contributed by atoms with Crippen molar-refractivity contribution in [3.8, 4) is 0 Å². The average molecular weight is 286 g/mol. The summed E-state index contributed by atoms with van der Waals surface area (Å²) in [6.07, 6.45) is 0.920. The number of carbonyl (C=O) groups excluding carboxylic acids is 1. The van der Waals surface area contributed by atoms with Crippen molar-refractivity contribution < 1.29 is 9.72 Å². The van der Waals surface area contributed by atoms with Gasteiger partial charge in [0.25, 0.3) is 5.69 Å². The van der Waals surface area contributed by atoms with Crippen LogP contribution < -0.4 is 11.1 Å². The minimum atomic E-state index is -1.01. The van der Waals surface area contributed by atoms with Crippen LogP contribution in [0.1, 0.15) is 26.7 Å². The van der Waals surface area contributed by atoms with E-state index in [1.165, 1.54) is 18.2 Å². The van der Waals surface area contributed by atoms with E-state index in [1.54, 1.807) is 13.8 Å². The molecule has 0 saturated heterocycles. The molecule has 0 aliphatic carbocycles. The maximum atomic E-state index is 12.1. The van der Waals surface area contributed by atoms with Crippen LogP contribution in [0.5, 0.6) is 0 Å². The SMILES string of the molecule is CCC(N)(CC)C(=O)Nc1cc([N+](=O)[O-])ccc1Cl. The molecule has 0 unspecified atom stereocenters. The summed E-state index contributed by atoms with van der Waals surface area (Å²) < 4.78 is 0. The van der Waals surface area contributed by atoms with Crippen LogP contribution in [-0.2, 0) is 4.79 Å². The lowest BCUT2D eigenvalue weighted by Crippen LogP contribution is -2.50. The zero-order valence-corrected chi connectivity index (χ0v) is 11.5. The predicted octanol–water partition coefficient (Wildman–Crippen LogP) is 2.70. The van der Waals surface area contributed by atoms with E-state index in [2.05, 4.69) is 5.32 Å². The number of amides is 1. The molecule has 0 saturated carbocycles. The van der Waals surface area contributed by atoms with Crippen molar-refractivity contribution in [3.05, 3.63) is 33.3 Å². The number of nitrogens with one attached hydrogen (secondary N) is 1. The Bertz CT molecular complexity index is 501. The van der Waals surface area contributed by atoms with Gasteiger partial charge >= 0.3 is 0 Å². The zero-order valence-electron chi connectivity index (χ0n) is 10.8. The first-order valence-electron chi connectivity index (χ1n) is 5.88. The van der Waals surface area contributed by atoms with Crippen LogP contribution in [0.15, 0.2) is 18.2 Å². The molecule has 0 bridgehead atoms. The highest BCUT2D eigenvalue weighted by Crippen LogP contribution is 2.27. The highest BCUT2D eigenvalue weighted by Gasteiger charge is 2.30. The quantitative estimate of drug-likeness (QED) is 0.642. The summed E-state index contributed by atoms with van der Waals surface area (Å²) in [4.78, 5) is 22.2. The Kier molecular flexibility index (Phi) is 4.85. The van der Waals surface area contributed by atoms with Crippen LogP contribution in [0.3, 0.4) is 0 Å². The summed E-state index contributed by atoms with van der Waals surface area (Å²) >= 11 is 5.90. The summed E-state index contributed by atoms with van der Waals surface area (Å²) in [6, 6.07) is 3.85. The maximum absolute atomic E-state index is 12.1. The number of nitro groups is 1. The van der Waals surface area contributed by atoms with Crippen molar-refractivity contribution in [1.29, 1.82) is 0 Å². The second kappa shape index (κ2) is 5.99. The van der Waals surface area contributed by atoms with Crippen LogP contribution in [0.25, 0.3) is 0 Å². The molecule has 1 rings (SSSR count). The number of hydrogen-bond donors (Lipinski definition) is 2. The van der Waals surface area contributed by atoms with Gasteiger partial charge in [0, 0.05) is 12.1 Å². The smallest absolute Gasteiger partial charge is 0.271 e. The molecule has 19 heavy (non-hydrogen) atoms. The maximum Gasteiger partial charge on any atom is 0.271 e. The summed E-state index contributed by atoms with van der Waals surface area (Å²) in [7, 11) is 0. The van der Waals surface area contributed by atoms with Crippen molar-refractivity contribution >= 4 is 28.9 Å². The third-order valence-corrected chi connectivity index (χ3v) is 3.45. The lowest BCUT2D eigenvalue weighted by atomic mass is 9.93. The Hall–Kier alpha value is -1.66. The molecule has 104 valence electrons. The fourth-order valence-electron chi connectivity index (χ4n) is 1.54. The summed E-state index contributed by atoms with van der Waals surface area (Å²) in [6.45, 7) is 3.61. The van der Waals surface area contributed by atoms with E-state index in [0.717, 1.165) is 0 Å². The molecule has 0 spiro atoms. The Labute approximate surface area is 116 Å². The first-order valence-corrected chi connectivity index (χ1v) is 6.26. The molecular weight excluding hydrogens is 270 g/mol. The Balaban J connectivity index is 3.02. The molecule has 1 amide bonds. The molecule has 1 aromatic carbocycles. The fraction of sp³-hybridized carbons (Fsp3) is 0.417. The van der Waals surface area contributed by atoms with Gasteiger partial charge in [-0.1, -0.05) is 25.4 Å². The molecule has 0 aliphatic heterocycles. The van der Waals surface area contributed by atoms with Crippen molar-refractivity contribution in [2.45, 2.75) is 32.2 Å². The number of carbonyl (C=O) groups is 1. The molecule has 0 heterocycles. The van der Waals surface area contributed by atoms with E-state index in [1.807, 2.05) is 0 Å². The molecule has 3 N–H and O–H groups in total. The monoisotopic (exact) mass is 285 g/mol. The van der Waals surface area contributed by atoms with Crippen LogP contribution in [0.2, 0.25) is 5.02 Å². The summed E-state index contributed by atoms with van der Waals surface area (Å²) in [5.41, 5.74) is 4.99. The Morgan fingerprint density at radius 2 is 2.05 bits per heavy atom. The van der Waals surface area contributed by atoms with Gasteiger partial charge in [0.15, 0.2) is 0 Å². The van der Waals surface area contributed by atoms with E-state index in [4.69, 9.17) is 17.3 Å². The van der Waals surface area contributed by atoms with Crippen molar-refractivity contribution in [1.82, 2.24) is 0 Å². The molecule has 1 aromatic rings. The third-order valence-electron chi connectivity index (χ3n) is 3.12. The largest absolute Gasteiger partial charge is 0.323 e. The Morgan fingerprint density at radius 1 is 1.47 bits per heavy atom. The van der Waals surface area contributed by atoms with E-state index in [0.29, 0.717) is 12.8 Å². The van der Waals surface area contributed by atoms with Gasteiger partial charge in [-0.2, -0.15) is 0 Å². The molecule has 0 fully saturated rings. The first kappa shape index (κ1) is 15.4. The number of nitro benzene ring substituents is 1. The van der Waals surface area contributed by atoms with Crippen LogP contribution in [0, 0.1) is 10.1 Å². The molecule has 0 aromatic heterocycles. The van der Waals surface area contributed by atoms with Gasteiger partial charge in [0.05, 0.1) is 21.2 Å². The number of rotatable bonds is 5. The van der Waals surface area contributed by atoms with Gasteiger partial charge in [-0.05, 0) is 18.9 Å². The van der Waals surface area contributed by atoms with Gasteiger partial charge in [-0.3, -0.25) is 14.9 Å². The van der Waals surface area contributed by atoms with E-state index in [-0.39, 0.29) is 16.4 Å². The number of anilines is 1. The number of hydrogen-bond acceptors (Lipinski definition) is 4. The summed E-state index contributed by atoms with van der Waals surface area (Å²) in [5, 5.41) is 13.5. The van der Waals surface area contributed by atoms with Crippen molar-refractivity contribution in [3.63, 3.8) is 0 Å². The number of halogens is 1. The zero-order chi connectivity index (χ0) is 14.6. The van der Waals surface area contributed by atoms with Crippen LogP contribution in [-0.4, -0.2) is 16.4 Å². The van der Waals surface area contributed by atoms with Gasteiger partial charge in [-0.25, -0.2) is 0 Å². The highest BCUT2D eigenvalue weighted by molar-refractivity contribution is 6.33. The normalized spacial score (nSPS) is 11.2. The van der Waals surface area contributed by atoms with Gasteiger partial charge in [-0.15, -0.1) is 0 Å². The molecule has 6 nitrogen and oxygen atoms in total. The molecular formula is C12H16ClN3O3. The lowest BCUT2D eigenvalue weighted by molar-refractivity contribution is -0.384. The van der Waals surface area contributed by atoms with E-state index >= 15 is 0 Å². The topological polar surface area (TPSA) is 98.3 Å². The van der Waals surface area contributed by atoms with Crippen molar-refractivity contribution in [2.75, 3.05) is 5.32 Å². The second-order valence-corrected chi connectivity index (χ2v) is 4.65. The highest BCUT2D eigenvalue weighted by atomic mass is 35.5. The van der Waals surface area contributed by atoms with Crippen LogP contribution >= 0.6 is 11.6 Å². The molecule has 7 heteroatoms. The van der Waals surface area contributed by atoms with Crippen LogP contribution in [0.4, 0.5) is 11.4 Å². The third kappa shape index (κ3) is 3.42. The summed E-state index contributed by atoms with van der Waals surface area (Å²) in [5.74, 6) is -0.403. The minimum absolute atomic E-state index is 0.143. The molecule has 0 atom stereocenters. The van der Waals surface area contributed by atoms with Gasteiger partial charge in [0.1, 0.15) is 0 Å². The number of nitrogens with two attached hydrogens (primary N) is 1. The van der Waals surface area contributed by atoms with Gasteiger partial charge in [0.2, 0.25) is 5.91 Å². The second-order valence-electron chi connectivity index (χ2n) is 4.24. The Morgan fingerprint density at radius 3 is 2.53 bits per heavy atom. The first-order chi connectivity index (χ1) is 8.84. The number of non-ortho nitro benzene ring substituents is 1. The predicted molar refractivity (Wildman–Crippen MR) is 74.2 cm³/mol. The number of benzene rings is 1. The van der Waals surface area contributed by atoms with E-state index < -0.39 is 16.4 Å². The minimum Gasteiger partial charge on any atom is -0.323 e. The standard InChI is InChI=1S/C12H16ClN3O3/c1-3-12(14,4-2)11(17)15-10-7-8(16(18)19)5-6-9(10)13/h5-7H,3-4,14H2,1-2H3,(H,15,17). The average Bonchev–Trinajstić information content (AvgIpc) is 2.39. The van der Waals surface area contributed by atoms with Gasteiger partial charge < -0.3 is 11.1 Å². The number of nitrogens with zero attached hydrogens (tertiary/aromatic N) is 1. The van der Waals surface area contributed by atoms with Crippen molar-refractivity contribution in [2.24, 2.45) is 5.73 Å². The lowest BCUT2D eigenvalue weighted by Gasteiger charge is -2.25. The fourth-order valence-corrected chi connectivity index (χ4v) is 1.71. The molecule has 0 radical (unpaired) electrons. The van der Waals surface area contributed by atoms with E-state index in [9.17, 15) is 14.9 Å².